The van der Waals surface area contributed by atoms with Gasteiger partial charge in [0.25, 0.3) is 0 Å². The Labute approximate surface area is 114 Å². The van der Waals surface area contributed by atoms with Gasteiger partial charge in [-0.3, -0.25) is 4.79 Å². The molecule has 0 bridgehead atoms. The molecule has 0 unspecified atom stereocenters. The van der Waals surface area contributed by atoms with E-state index in [4.69, 9.17) is 0 Å². The summed E-state index contributed by atoms with van der Waals surface area (Å²) in [5.74, 6) is 0.454. The molecule has 1 aliphatic carbocycles. The van der Waals surface area contributed by atoms with Crippen LogP contribution in [-0.4, -0.2) is 20.6 Å². The largest absolute Gasteiger partial charge is 0.326 e. The minimum absolute atomic E-state index is 0.0300. The number of amides is 1. The van der Waals surface area contributed by atoms with Crippen molar-refractivity contribution in [2.24, 2.45) is 5.92 Å². The normalized spacial score (nSPS) is 16.5. The van der Waals surface area contributed by atoms with Crippen molar-refractivity contribution in [2.45, 2.75) is 37.0 Å². The number of anilines is 1. The highest BCUT2D eigenvalue weighted by Gasteiger charge is 2.18. The number of carbonyl (C=O) groups excluding carboxylic acids is 1. The van der Waals surface area contributed by atoms with Crippen LogP contribution in [0, 0.1) is 5.92 Å². The smallest absolute Gasteiger partial charge is 0.224 e. The number of hydrogen-bond donors (Lipinski definition) is 1. The van der Waals surface area contributed by atoms with Crippen LogP contribution in [-0.2, 0) is 14.6 Å². The van der Waals surface area contributed by atoms with E-state index >= 15 is 0 Å². The second-order valence-corrected chi connectivity index (χ2v) is 7.22. The van der Waals surface area contributed by atoms with E-state index in [0.717, 1.165) is 19.1 Å². The molecule has 0 heterocycles. The average molecular weight is 281 g/mol. The molecule has 1 saturated carbocycles. The van der Waals surface area contributed by atoms with Gasteiger partial charge >= 0.3 is 0 Å². The quantitative estimate of drug-likeness (QED) is 0.922. The topological polar surface area (TPSA) is 63.2 Å². The molecule has 1 N–H and O–H groups in total. The van der Waals surface area contributed by atoms with E-state index < -0.39 is 9.84 Å². The van der Waals surface area contributed by atoms with Gasteiger partial charge in [0.15, 0.2) is 9.84 Å². The summed E-state index contributed by atoms with van der Waals surface area (Å²) in [6.07, 6.45) is 6.35. The van der Waals surface area contributed by atoms with Crippen molar-refractivity contribution < 1.29 is 13.2 Å². The van der Waals surface area contributed by atoms with Crippen molar-refractivity contribution in [1.82, 2.24) is 0 Å². The third kappa shape index (κ3) is 4.06. The second kappa shape index (κ2) is 5.74. The minimum Gasteiger partial charge on any atom is -0.326 e. The zero-order valence-corrected chi connectivity index (χ0v) is 11.9. The Balaban J connectivity index is 2.00. The zero-order chi connectivity index (χ0) is 13.9. The standard InChI is InChI=1S/C14H19NO3S/c1-19(17,18)13-8-4-7-12(10-13)15-14(16)9-11-5-2-3-6-11/h4,7-8,10-11H,2-3,5-6,9H2,1H3,(H,15,16). The van der Waals surface area contributed by atoms with Gasteiger partial charge in [-0.2, -0.15) is 0 Å². The van der Waals surface area contributed by atoms with Gasteiger partial charge in [-0.05, 0) is 37.0 Å². The number of carbonyl (C=O) groups is 1. The zero-order valence-electron chi connectivity index (χ0n) is 11.1. The van der Waals surface area contributed by atoms with Gasteiger partial charge in [-0.25, -0.2) is 8.42 Å². The van der Waals surface area contributed by atoms with Gasteiger partial charge in [0, 0.05) is 18.4 Å². The van der Waals surface area contributed by atoms with Crippen molar-refractivity contribution >= 4 is 21.4 Å². The number of benzene rings is 1. The molecule has 0 aromatic heterocycles. The molecule has 4 nitrogen and oxygen atoms in total. The molecule has 19 heavy (non-hydrogen) atoms. The predicted molar refractivity (Wildman–Crippen MR) is 74.8 cm³/mol. The second-order valence-electron chi connectivity index (χ2n) is 5.20. The molecular formula is C14H19NO3S. The molecule has 1 amide bonds. The Morgan fingerprint density at radius 1 is 1.32 bits per heavy atom. The van der Waals surface area contributed by atoms with Crippen molar-refractivity contribution in [3.63, 3.8) is 0 Å². The van der Waals surface area contributed by atoms with Crippen LogP contribution < -0.4 is 5.32 Å². The molecule has 5 heteroatoms. The SMILES string of the molecule is CS(=O)(=O)c1cccc(NC(=O)CC2CCCC2)c1. The molecule has 1 aromatic carbocycles. The summed E-state index contributed by atoms with van der Waals surface area (Å²) in [4.78, 5) is 12.1. The number of sulfone groups is 1. The van der Waals surface area contributed by atoms with Crippen LogP contribution in [0.4, 0.5) is 5.69 Å². The van der Waals surface area contributed by atoms with E-state index in [2.05, 4.69) is 5.32 Å². The van der Waals surface area contributed by atoms with E-state index in [1.807, 2.05) is 0 Å². The first-order valence-electron chi connectivity index (χ1n) is 6.55. The third-order valence-electron chi connectivity index (χ3n) is 3.49. The Kier molecular flexibility index (Phi) is 4.24. The van der Waals surface area contributed by atoms with Crippen molar-refractivity contribution in [3.8, 4) is 0 Å². The molecule has 0 spiro atoms. The lowest BCUT2D eigenvalue weighted by molar-refractivity contribution is -0.117. The molecule has 0 atom stereocenters. The summed E-state index contributed by atoms with van der Waals surface area (Å²) in [7, 11) is -3.23. The fraction of sp³-hybridized carbons (Fsp3) is 0.500. The van der Waals surface area contributed by atoms with E-state index in [-0.39, 0.29) is 10.8 Å². The summed E-state index contributed by atoms with van der Waals surface area (Å²) < 4.78 is 22.9. The Morgan fingerprint density at radius 2 is 2.00 bits per heavy atom. The van der Waals surface area contributed by atoms with Crippen LogP contribution in [0.5, 0.6) is 0 Å². The summed E-state index contributed by atoms with van der Waals surface area (Å²) in [5.41, 5.74) is 0.547. The number of nitrogens with one attached hydrogen (secondary N) is 1. The molecular weight excluding hydrogens is 262 g/mol. The number of hydrogen-bond acceptors (Lipinski definition) is 3. The van der Waals surface area contributed by atoms with Crippen LogP contribution in [0.3, 0.4) is 0 Å². The van der Waals surface area contributed by atoms with Gasteiger partial charge in [0.1, 0.15) is 0 Å². The fourth-order valence-corrected chi connectivity index (χ4v) is 3.16. The van der Waals surface area contributed by atoms with Crippen LogP contribution in [0.25, 0.3) is 0 Å². The average Bonchev–Trinajstić information content (AvgIpc) is 2.80. The Hall–Kier alpha value is -1.36. The van der Waals surface area contributed by atoms with Gasteiger partial charge in [0.05, 0.1) is 4.90 Å². The highest BCUT2D eigenvalue weighted by atomic mass is 32.2. The Morgan fingerprint density at radius 3 is 2.63 bits per heavy atom. The van der Waals surface area contributed by atoms with Gasteiger partial charge in [-0.1, -0.05) is 18.9 Å². The first-order chi connectivity index (χ1) is 8.95. The van der Waals surface area contributed by atoms with Crippen LogP contribution in [0.15, 0.2) is 29.2 Å². The first-order valence-corrected chi connectivity index (χ1v) is 8.44. The van der Waals surface area contributed by atoms with E-state index in [0.29, 0.717) is 18.0 Å². The monoisotopic (exact) mass is 281 g/mol. The molecule has 1 aliphatic rings. The number of rotatable bonds is 4. The van der Waals surface area contributed by atoms with Crippen molar-refractivity contribution in [1.29, 1.82) is 0 Å². The van der Waals surface area contributed by atoms with E-state index in [1.54, 1.807) is 12.1 Å². The summed E-state index contributed by atoms with van der Waals surface area (Å²) in [5, 5.41) is 2.78. The highest BCUT2D eigenvalue weighted by Crippen LogP contribution is 2.27. The maximum Gasteiger partial charge on any atom is 0.224 e. The maximum absolute atomic E-state index is 11.9. The molecule has 2 rings (SSSR count). The lowest BCUT2D eigenvalue weighted by atomic mass is 10.0. The van der Waals surface area contributed by atoms with Crippen molar-refractivity contribution in [2.75, 3.05) is 11.6 Å². The lowest BCUT2D eigenvalue weighted by Gasteiger charge is -2.10. The first kappa shape index (κ1) is 14.1. The van der Waals surface area contributed by atoms with Gasteiger partial charge < -0.3 is 5.32 Å². The molecule has 1 fully saturated rings. The lowest BCUT2D eigenvalue weighted by Crippen LogP contribution is -2.15. The molecule has 104 valence electrons. The van der Waals surface area contributed by atoms with Crippen LogP contribution in [0.1, 0.15) is 32.1 Å². The fourth-order valence-electron chi connectivity index (χ4n) is 2.49. The van der Waals surface area contributed by atoms with Gasteiger partial charge in [-0.15, -0.1) is 0 Å². The molecule has 0 radical (unpaired) electrons. The highest BCUT2D eigenvalue weighted by molar-refractivity contribution is 7.90. The summed E-state index contributed by atoms with van der Waals surface area (Å²) >= 11 is 0. The van der Waals surface area contributed by atoms with E-state index in [1.165, 1.54) is 25.0 Å². The van der Waals surface area contributed by atoms with Crippen LogP contribution >= 0.6 is 0 Å². The Bertz CT molecular complexity index is 560. The predicted octanol–water partition coefficient (Wildman–Crippen LogP) is 2.61. The molecule has 0 saturated heterocycles. The minimum atomic E-state index is -3.23. The summed E-state index contributed by atoms with van der Waals surface area (Å²) in [6.45, 7) is 0. The maximum atomic E-state index is 11.9. The molecule has 1 aromatic rings. The third-order valence-corrected chi connectivity index (χ3v) is 4.60. The van der Waals surface area contributed by atoms with Gasteiger partial charge in [0.2, 0.25) is 5.91 Å². The molecule has 0 aliphatic heterocycles. The summed E-state index contributed by atoms with van der Waals surface area (Å²) in [6, 6.07) is 6.38. The van der Waals surface area contributed by atoms with Crippen molar-refractivity contribution in [3.05, 3.63) is 24.3 Å². The van der Waals surface area contributed by atoms with E-state index in [9.17, 15) is 13.2 Å². The van der Waals surface area contributed by atoms with Crippen LogP contribution in [0.2, 0.25) is 0 Å².